The summed E-state index contributed by atoms with van der Waals surface area (Å²) in [7, 11) is 0. The molecule has 1 N–H and O–H groups in total. The smallest absolute Gasteiger partial charge is 0.234 e. The number of rotatable bonds is 6. The van der Waals surface area contributed by atoms with Crippen LogP contribution >= 0.6 is 23.4 Å². The van der Waals surface area contributed by atoms with Crippen molar-refractivity contribution in [2.75, 3.05) is 11.1 Å². The first-order valence-electron chi connectivity index (χ1n) is 7.28. The van der Waals surface area contributed by atoms with Gasteiger partial charge in [0.15, 0.2) is 0 Å². The Bertz CT molecular complexity index is 809. The Balaban J connectivity index is 1.63. The number of amides is 1. The maximum Gasteiger partial charge on any atom is 0.234 e. The van der Waals surface area contributed by atoms with Gasteiger partial charge < -0.3 is 5.32 Å². The molecule has 7 heteroatoms. The molecule has 1 amide bonds. The van der Waals surface area contributed by atoms with E-state index in [9.17, 15) is 4.79 Å². The van der Waals surface area contributed by atoms with Gasteiger partial charge in [-0.15, -0.1) is 11.8 Å². The minimum absolute atomic E-state index is 0.0837. The Hall–Kier alpha value is -2.31. The van der Waals surface area contributed by atoms with E-state index in [0.29, 0.717) is 16.5 Å². The van der Waals surface area contributed by atoms with Crippen molar-refractivity contribution < 1.29 is 4.79 Å². The van der Waals surface area contributed by atoms with E-state index in [4.69, 9.17) is 11.6 Å². The van der Waals surface area contributed by atoms with Gasteiger partial charge in [-0.1, -0.05) is 41.9 Å². The Kier molecular flexibility index (Phi) is 5.51. The van der Waals surface area contributed by atoms with Gasteiger partial charge in [0.25, 0.3) is 0 Å². The van der Waals surface area contributed by atoms with Crippen LogP contribution in [0, 0.1) is 0 Å². The van der Waals surface area contributed by atoms with Crippen LogP contribution in [-0.2, 0) is 10.5 Å². The Morgan fingerprint density at radius 2 is 2.04 bits per heavy atom. The van der Waals surface area contributed by atoms with Crippen molar-refractivity contribution in [2.45, 2.75) is 5.75 Å². The summed E-state index contributed by atoms with van der Waals surface area (Å²) in [4.78, 5) is 16.1. The van der Waals surface area contributed by atoms with E-state index in [0.717, 1.165) is 11.4 Å². The zero-order chi connectivity index (χ0) is 16.8. The zero-order valence-corrected chi connectivity index (χ0v) is 14.3. The van der Waals surface area contributed by atoms with Crippen molar-refractivity contribution in [2.24, 2.45) is 0 Å². The van der Waals surface area contributed by atoms with Gasteiger partial charge in [-0.3, -0.25) is 4.79 Å². The number of carbonyl (C=O) groups excluding carboxylic acids is 1. The lowest BCUT2D eigenvalue weighted by atomic mass is 10.2. The van der Waals surface area contributed by atoms with Gasteiger partial charge in [-0.2, -0.15) is 5.10 Å². The minimum Gasteiger partial charge on any atom is -0.323 e. The monoisotopic (exact) mass is 358 g/mol. The fourth-order valence-corrected chi connectivity index (χ4v) is 3.12. The third-order valence-electron chi connectivity index (χ3n) is 3.24. The summed E-state index contributed by atoms with van der Waals surface area (Å²) >= 11 is 7.61. The van der Waals surface area contributed by atoms with Crippen LogP contribution in [0.2, 0.25) is 5.02 Å². The quantitative estimate of drug-likeness (QED) is 0.728. The van der Waals surface area contributed by atoms with E-state index in [1.54, 1.807) is 41.0 Å². The van der Waals surface area contributed by atoms with Crippen molar-refractivity contribution >= 4 is 35.0 Å². The van der Waals surface area contributed by atoms with Crippen LogP contribution in [0.3, 0.4) is 0 Å². The van der Waals surface area contributed by atoms with E-state index >= 15 is 0 Å². The van der Waals surface area contributed by atoms with Gasteiger partial charge >= 0.3 is 0 Å². The van der Waals surface area contributed by atoms with Gasteiger partial charge in [0, 0.05) is 10.8 Å². The molecule has 0 radical (unpaired) electrons. The van der Waals surface area contributed by atoms with Crippen molar-refractivity contribution in [1.29, 1.82) is 0 Å². The molecule has 0 saturated heterocycles. The minimum atomic E-state index is -0.0837. The summed E-state index contributed by atoms with van der Waals surface area (Å²) in [5, 5.41) is 7.53. The normalized spacial score (nSPS) is 10.5. The summed E-state index contributed by atoms with van der Waals surface area (Å²) in [6.07, 6.45) is 3.01. The number of halogens is 1. The zero-order valence-electron chi connectivity index (χ0n) is 12.7. The molecule has 3 aromatic rings. The summed E-state index contributed by atoms with van der Waals surface area (Å²) in [5.74, 6) is 1.07. The lowest BCUT2D eigenvalue weighted by molar-refractivity contribution is -0.113. The first-order chi connectivity index (χ1) is 11.7. The highest BCUT2D eigenvalue weighted by Gasteiger charge is 2.10. The Morgan fingerprint density at radius 1 is 1.21 bits per heavy atom. The third kappa shape index (κ3) is 4.37. The first kappa shape index (κ1) is 16.5. The van der Waals surface area contributed by atoms with Crippen LogP contribution in [0.5, 0.6) is 0 Å². The first-order valence-corrected chi connectivity index (χ1v) is 8.82. The SMILES string of the molecule is O=C(CSCc1ccccc1)Nc1cc(Cl)ccc1-n1cncn1. The van der Waals surface area contributed by atoms with Crippen LogP contribution in [-0.4, -0.2) is 26.4 Å². The molecule has 0 fully saturated rings. The largest absolute Gasteiger partial charge is 0.323 e. The average molecular weight is 359 g/mol. The predicted octanol–water partition coefficient (Wildman–Crippen LogP) is 3.79. The molecule has 0 atom stereocenters. The van der Waals surface area contributed by atoms with Crippen molar-refractivity contribution in [3.63, 3.8) is 0 Å². The van der Waals surface area contributed by atoms with Crippen LogP contribution < -0.4 is 5.32 Å². The van der Waals surface area contributed by atoms with E-state index < -0.39 is 0 Å². The van der Waals surface area contributed by atoms with E-state index in [-0.39, 0.29) is 5.91 Å². The number of anilines is 1. The summed E-state index contributed by atoms with van der Waals surface area (Å²) < 4.78 is 1.59. The third-order valence-corrected chi connectivity index (χ3v) is 4.48. The molecular formula is C17H15ClN4OS. The van der Waals surface area contributed by atoms with Crippen LogP contribution in [0.25, 0.3) is 5.69 Å². The van der Waals surface area contributed by atoms with Gasteiger partial charge in [-0.05, 0) is 23.8 Å². The predicted molar refractivity (Wildman–Crippen MR) is 97.6 cm³/mol. The van der Waals surface area contributed by atoms with Gasteiger partial charge in [0.1, 0.15) is 12.7 Å². The van der Waals surface area contributed by atoms with Gasteiger partial charge in [-0.25, -0.2) is 9.67 Å². The van der Waals surface area contributed by atoms with Crippen molar-refractivity contribution in [3.05, 3.63) is 71.8 Å². The number of hydrogen-bond acceptors (Lipinski definition) is 4. The number of thioether (sulfide) groups is 1. The maximum atomic E-state index is 12.2. The standard InChI is InChI=1S/C17H15ClN4OS/c18-14-6-7-16(22-12-19-11-20-22)15(8-14)21-17(23)10-24-9-13-4-2-1-3-5-13/h1-8,11-12H,9-10H2,(H,21,23). The second-order valence-electron chi connectivity index (χ2n) is 5.03. The summed E-state index contributed by atoms with van der Waals surface area (Å²) in [6, 6.07) is 15.3. The molecule has 3 rings (SSSR count). The fourth-order valence-electron chi connectivity index (χ4n) is 2.16. The maximum absolute atomic E-state index is 12.2. The van der Waals surface area contributed by atoms with Crippen LogP contribution in [0.4, 0.5) is 5.69 Å². The molecule has 0 unspecified atom stereocenters. The summed E-state index contributed by atoms with van der Waals surface area (Å²) in [6.45, 7) is 0. The second-order valence-corrected chi connectivity index (χ2v) is 6.45. The number of nitrogens with one attached hydrogen (secondary N) is 1. The molecular weight excluding hydrogens is 344 g/mol. The van der Waals surface area contributed by atoms with Crippen LogP contribution in [0.15, 0.2) is 61.2 Å². The number of carbonyl (C=O) groups is 1. The molecule has 1 aromatic heterocycles. The topological polar surface area (TPSA) is 59.8 Å². The lowest BCUT2D eigenvalue weighted by Gasteiger charge is -2.11. The van der Waals surface area contributed by atoms with E-state index in [1.165, 1.54) is 11.9 Å². The average Bonchev–Trinajstić information content (AvgIpc) is 3.10. The molecule has 0 aliphatic heterocycles. The highest BCUT2D eigenvalue weighted by atomic mass is 35.5. The summed E-state index contributed by atoms with van der Waals surface area (Å²) in [5.41, 5.74) is 2.53. The molecule has 0 spiro atoms. The number of aromatic nitrogens is 3. The van der Waals surface area contributed by atoms with Crippen LogP contribution in [0.1, 0.15) is 5.56 Å². The molecule has 0 aliphatic carbocycles. The molecule has 2 aromatic carbocycles. The number of hydrogen-bond donors (Lipinski definition) is 1. The highest BCUT2D eigenvalue weighted by Crippen LogP contribution is 2.24. The fraction of sp³-hybridized carbons (Fsp3) is 0.118. The molecule has 0 aliphatic rings. The van der Waals surface area contributed by atoms with Crippen molar-refractivity contribution in [3.8, 4) is 5.69 Å². The number of nitrogens with zero attached hydrogens (tertiary/aromatic N) is 3. The lowest BCUT2D eigenvalue weighted by Crippen LogP contribution is -2.16. The second kappa shape index (κ2) is 7.99. The van der Waals surface area contributed by atoms with E-state index in [2.05, 4.69) is 15.4 Å². The Morgan fingerprint density at radius 3 is 2.79 bits per heavy atom. The molecule has 0 bridgehead atoms. The molecule has 24 heavy (non-hydrogen) atoms. The number of benzene rings is 2. The Labute approximate surface area is 149 Å². The molecule has 1 heterocycles. The van der Waals surface area contributed by atoms with Crippen molar-refractivity contribution in [1.82, 2.24) is 14.8 Å². The van der Waals surface area contributed by atoms with Gasteiger partial charge in [0.2, 0.25) is 5.91 Å². The molecule has 5 nitrogen and oxygen atoms in total. The molecule has 0 saturated carbocycles. The van der Waals surface area contributed by atoms with E-state index in [1.807, 2.05) is 30.3 Å². The van der Waals surface area contributed by atoms with Gasteiger partial charge in [0.05, 0.1) is 17.1 Å². The highest BCUT2D eigenvalue weighted by molar-refractivity contribution is 7.99. The molecule has 122 valence electrons.